The molecule has 1 saturated carbocycles. The lowest BCUT2D eigenvalue weighted by Crippen LogP contribution is -2.55. The minimum atomic E-state index is -0.0804. The molecule has 0 spiro atoms. The van der Waals surface area contributed by atoms with E-state index in [-0.39, 0.29) is 17.6 Å². The van der Waals surface area contributed by atoms with Crippen LogP contribution in [0.15, 0.2) is 12.4 Å². The summed E-state index contributed by atoms with van der Waals surface area (Å²) in [6, 6.07) is 0. The quantitative estimate of drug-likeness (QED) is 0.827. The first-order valence-electron chi connectivity index (χ1n) is 6.52. The number of hydrogen-bond donors (Lipinski definition) is 0. The topological polar surface area (TPSA) is 72.4 Å². The molecule has 0 bridgehead atoms. The number of carbonyl (C=O) groups excluding carboxylic acids is 2. The van der Waals surface area contributed by atoms with Crippen molar-refractivity contribution >= 4 is 23.3 Å². The van der Waals surface area contributed by atoms with Crippen LogP contribution in [0.2, 0.25) is 5.15 Å². The van der Waals surface area contributed by atoms with E-state index in [1.165, 1.54) is 12.4 Å². The number of ether oxygens (including phenoxy) is 1. The largest absolute Gasteiger partial charge is 0.476 e. The molecule has 0 radical (unpaired) electrons. The Morgan fingerprint density at radius 2 is 2.15 bits per heavy atom. The number of amides is 1. The zero-order chi connectivity index (χ0) is 14.1. The number of ketones is 1. The summed E-state index contributed by atoms with van der Waals surface area (Å²) < 4.78 is 5.49. The third-order valence-electron chi connectivity index (χ3n) is 3.62. The maximum Gasteiger partial charge on any atom is 0.233 e. The molecule has 0 N–H and O–H groups in total. The van der Waals surface area contributed by atoms with Gasteiger partial charge in [-0.05, 0) is 0 Å². The number of nitrogens with zero attached hydrogens (tertiary/aromatic N) is 3. The van der Waals surface area contributed by atoms with Gasteiger partial charge < -0.3 is 9.64 Å². The molecular formula is C13H14ClN3O3. The van der Waals surface area contributed by atoms with Crippen molar-refractivity contribution in [3.05, 3.63) is 17.5 Å². The average molecular weight is 296 g/mol. The minimum absolute atomic E-state index is 0.0804. The highest BCUT2D eigenvalue weighted by Gasteiger charge is 2.40. The van der Waals surface area contributed by atoms with E-state index >= 15 is 0 Å². The second-order valence-corrected chi connectivity index (χ2v) is 5.63. The molecule has 2 heterocycles. The van der Waals surface area contributed by atoms with Crippen molar-refractivity contribution in [3.63, 3.8) is 0 Å². The van der Waals surface area contributed by atoms with Gasteiger partial charge in [-0.25, -0.2) is 0 Å². The van der Waals surface area contributed by atoms with E-state index in [1.54, 1.807) is 4.90 Å². The molecule has 20 heavy (non-hydrogen) atoms. The van der Waals surface area contributed by atoms with Gasteiger partial charge in [0.05, 0.1) is 24.9 Å². The number of rotatable bonds is 4. The molecule has 0 atom stereocenters. The van der Waals surface area contributed by atoms with Gasteiger partial charge in [0, 0.05) is 31.8 Å². The van der Waals surface area contributed by atoms with Gasteiger partial charge in [0.15, 0.2) is 5.15 Å². The van der Waals surface area contributed by atoms with Gasteiger partial charge in [-0.2, -0.15) is 4.98 Å². The van der Waals surface area contributed by atoms with Crippen LogP contribution < -0.4 is 4.74 Å². The second kappa shape index (κ2) is 5.36. The molecule has 1 aliphatic carbocycles. The number of carbonyl (C=O) groups is 2. The predicted octanol–water partition coefficient (Wildman–Crippen LogP) is 0.946. The highest BCUT2D eigenvalue weighted by molar-refractivity contribution is 6.29. The summed E-state index contributed by atoms with van der Waals surface area (Å²) in [6.45, 7) is 1.84. The van der Waals surface area contributed by atoms with Crippen molar-refractivity contribution in [1.82, 2.24) is 14.9 Å². The SMILES string of the molecule is O=C1CC(C(=O)N2CC(COc3cncc(Cl)n3)C2)C1. The summed E-state index contributed by atoms with van der Waals surface area (Å²) in [7, 11) is 0. The summed E-state index contributed by atoms with van der Waals surface area (Å²) >= 11 is 5.71. The Morgan fingerprint density at radius 1 is 1.40 bits per heavy atom. The standard InChI is InChI=1S/C13H14ClN3O3/c14-11-3-15-4-12(16-11)20-7-8-5-17(6-8)13(19)9-1-10(18)2-9/h3-4,8-9H,1-2,5-7H2. The van der Waals surface area contributed by atoms with E-state index < -0.39 is 0 Å². The highest BCUT2D eigenvalue weighted by atomic mass is 35.5. The Bertz CT molecular complexity index is 537. The molecular weight excluding hydrogens is 282 g/mol. The number of aromatic nitrogens is 2. The molecule has 106 valence electrons. The summed E-state index contributed by atoms with van der Waals surface area (Å²) in [5.74, 6) is 0.900. The van der Waals surface area contributed by atoms with Crippen molar-refractivity contribution in [2.75, 3.05) is 19.7 Å². The smallest absolute Gasteiger partial charge is 0.233 e. The van der Waals surface area contributed by atoms with Crippen molar-refractivity contribution in [2.45, 2.75) is 12.8 Å². The van der Waals surface area contributed by atoms with Crippen molar-refractivity contribution < 1.29 is 14.3 Å². The molecule has 7 heteroatoms. The van der Waals surface area contributed by atoms with E-state index in [1.807, 2.05) is 0 Å². The van der Waals surface area contributed by atoms with Gasteiger partial charge in [0.1, 0.15) is 5.78 Å². The van der Waals surface area contributed by atoms with E-state index in [2.05, 4.69) is 9.97 Å². The minimum Gasteiger partial charge on any atom is -0.476 e. The van der Waals surface area contributed by atoms with Crippen LogP contribution in [-0.4, -0.2) is 46.3 Å². The fourth-order valence-electron chi connectivity index (χ4n) is 2.38. The second-order valence-electron chi connectivity index (χ2n) is 5.24. The van der Waals surface area contributed by atoms with Crippen LogP contribution in [-0.2, 0) is 9.59 Å². The molecule has 1 amide bonds. The maximum atomic E-state index is 11.9. The fourth-order valence-corrected chi connectivity index (χ4v) is 2.52. The normalized spacial score (nSPS) is 19.4. The first kappa shape index (κ1) is 13.3. The van der Waals surface area contributed by atoms with Crippen LogP contribution in [0.25, 0.3) is 0 Å². The molecule has 2 aliphatic rings. The summed E-state index contributed by atoms with van der Waals surface area (Å²) in [6.07, 6.45) is 3.77. The first-order chi connectivity index (χ1) is 9.61. The molecule has 1 aliphatic heterocycles. The Kier molecular flexibility index (Phi) is 3.56. The lowest BCUT2D eigenvalue weighted by atomic mass is 9.82. The Morgan fingerprint density at radius 3 is 2.80 bits per heavy atom. The summed E-state index contributed by atoms with van der Waals surface area (Å²) in [4.78, 5) is 32.4. The zero-order valence-corrected chi connectivity index (χ0v) is 11.5. The molecule has 0 aromatic carbocycles. The van der Waals surface area contributed by atoms with Crippen LogP contribution in [0.3, 0.4) is 0 Å². The fraction of sp³-hybridized carbons (Fsp3) is 0.538. The van der Waals surface area contributed by atoms with Crippen molar-refractivity contribution in [1.29, 1.82) is 0 Å². The average Bonchev–Trinajstić information content (AvgIpc) is 2.33. The highest BCUT2D eigenvalue weighted by Crippen LogP contribution is 2.28. The molecule has 1 saturated heterocycles. The number of hydrogen-bond acceptors (Lipinski definition) is 5. The van der Waals surface area contributed by atoms with Crippen LogP contribution in [0.1, 0.15) is 12.8 Å². The van der Waals surface area contributed by atoms with E-state index in [4.69, 9.17) is 16.3 Å². The Balaban J connectivity index is 1.40. The van der Waals surface area contributed by atoms with E-state index in [0.29, 0.717) is 49.5 Å². The lowest BCUT2D eigenvalue weighted by molar-refractivity contribution is -0.150. The van der Waals surface area contributed by atoms with Gasteiger partial charge >= 0.3 is 0 Å². The van der Waals surface area contributed by atoms with E-state index in [0.717, 1.165) is 0 Å². The third-order valence-corrected chi connectivity index (χ3v) is 3.80. The molecule has 6 nitrogen and oxygen atoms in total. The lowest BCUT2D eigenvalue weighted by Gasteiger charge is -2.42. The number of likely N-dealkylation sites (tertiary alicyclic amines) is 1. The Labute approximate surface area is 121 Å². The zero-order valence-electron chi connectivity index (χ0n) is 10.8. The molecule has 1 aromatic heterocycles. The summed E-state index contributed by atoms with van der Waals surface area (Å²) in [5.41, 5.74) is 0. The van der Waals surface area contributed by atoms with Gasteiger partial charge in [-0.3, -0.25) is 14.6 Å². The van der Waals surface area contributed by atoms with Crippen LogP contribution in [0, 0.1) is 11.8 Å². The summed E-state index contributed by atoms with van der Waals surface area (Å²) in [5, 5.41) is 0.294. The van der Waals surface area contributed by atoms with Gasteiger partial charge in [-0.15, -0.1) is 0 Å². The van der Waals surface area contributed by atoms with E-state index in [9.17, 15) is 9.59 Å². The van der Waals surface area contributed by atoms with Gasteiger partial charge in [0.2, 0.25) is 11.8 Å². The first-order valence-corrected chi connectivity index (χ1v) is 6.90. The third kappa shape index (κ3) is 2.75. The molecule has 1 aromatic rings. The molecule has 3 rings (SSSR count). The molecule has 2 fully saturated rings. The maximum absolute atomic E-state index is 11.9. The van der Waals surface area contributed by atoms with Crippen molar-refractivity contribution in [2.24, 2.45) is 11.8 Å². The van der Waals surface area contributed by atoms with Gasteiger partial charge in [0.25, 0.3) is 0 Å². The number of Topliss-reactive ketones (excluding diaryl/α,β-unsaturated/α-hetero) is 1. The van der Waals surface area contributed by atoms with Crippen molar-refractivity contribution in [3.8, 4) is 5.88 Å². The van der Waals surface area contributed by atoms with Gasteiger partial charge in [-0.1, -0.05) is 11.6 Å². The predicted molar refractivity (Wildman–Crippen MR) is 70.3 cm³/mol. The molecule has 0 unspecified atom stereocenters. The monoisotopic (exact) mass is 295 g/mol. The van der Waals surface area contributed by atoms with Crippen LogP contribution in [0.4, 0.5) is 0 Å². The van der Waals surface area contributed by atoms with Crippen LogP contribution >= 0.6 is 11.6 Å². The van der Waals surface area contributed by atoms with Crippen LogP contribution in [0.5, 0.6) is 5.88 Å². The number of halogens is 1. The Hall–Kier alpha value is -1.69.